The van der Waals surface area contributed by atoms with Crippen molar-refractivity contribution >= 4 is 5.69 Å². The Kier molecular flexibility index (Phi) is 3.90. The highest BCUT2D eigenvalue weighted by Crippen LogP contribution is 2.33. The van der Waals surface area contributed by atoms with Crippen molar-refractivity contribution in [3.63, 3.8) is 0 Å². The molecule has 2 aromatic rings. The fraction of sp³-hybridized carbons (Fsp3) is 0.278. The smallest absolute Gasteiger partial charge is 0.151 e. The first-order valence-corrected chi connectivity index (χ1v) is 6.90. The Morgan fingerprint density at radius 3 is 2.33 bits per heavy atom. The van der Waals surface area contributed by atoms with Crippen molar-refractivity contribution in [2.24, 2.45) is 0 Å². The van der Waals surface area contributed by atoms with Crippen molar-refractivity contribution in [1.29, 1.82) is 5.26 Å². The average Bonchev–Trinajstić information content (AvgIpc) is 2.42. The average molecular weight is 280 g/mol. The molecule has 0 spiro atoms. The Labute approximate surface area is 126 Å². The molecule has 0 saturated carbocycles. The van der Waals surface area contributed by atoms with Gasteiger partial charge in [-0.2, -0.15) is 5.26 Å². The molecule has 0 bridgehead atoms. The molecule has 108 valence electrons. The molecule has 3 heteroatoms. The minimum Gasteiger partial charge on any atom is -0.455 e. The van der Waals surface area contributed by atoms with Gasteiger partial charge in [0.05, 0.1) is 17.3 Å². The molecule has 0 unspecified atom stereocenters. The largest absolute Gasteiger partial charge is 0.455 e. The molecule has 0 aliphatic heterocycles. The van der Waals surface area contributed by atoms with Crippen LogP contribution in [0.4, 0.5) is 5.69 Å². The summed E-state index contributed by atoms with van der Waals surface area (Å²) >= 11 is 0. The van der Waals surface area contributed by atoms with Crippen molar-refractivity contribution in [1.82, 2.24) is 0 Å². The topological polar surface area (TPSA) is 59.0 Å². The van der Waals surface area contributed by atoms with E-state index in [-0.39, 0.29) is 5.41 Å². The lowest BCUT2D eigenvalue weighted by Crippen LogP contribution is -2.11. The molecule has 0 aliphatic rings. The Morgan fingerprint density at radius 1 is 1.05 bits per heavy atom. The van der Waals surface area contributed by atoms with E-state index in [0.717, 1.165) is 11.3 Å². The van der Waals surface area contributed by atoms with Crippen LogP contribution in [0, 0.1) is 18.3 Å². The molecule has 2 N–H and O–H groups in total. The minimum atomic E-state index is 0.100. The number of nitrogens with two attached hydrogens (primary N) is 1. The molecule has 0 amide bonds. The molecule has 0 heterocycles. The summed E-state index contributed by atoms with van der Waals surface area (Å²) in [6.45, 7) is 8.54. The van der Waals surface area contributed by atoms with Crippen molar-refractivity contribution in [2.45, 2.75) is 33.1 Å². The van der Waals surface area contributed by atoms with Gasteiger partial charge < -0.3 is 10.5 Å². The first-order valence-electron chi connectivity index (χ1n) is 6.90. The summed E-state index contributed by atoms with van der Waals surface area (Å²) in [7, 11) is 0. The minimum absolute atomic E-state index is 0.100. The van der Waals surface area contributed by atoms with Crippen LogP contribution in [-0.4, -0.2) is 0 Å². The summed E-state index contributed by atoms with van der Waals surface area (Å²) in [4.78, 5) is 0. The standard InChI is InChI=1S/C18H20N2O/c1-12-9-14(18(2,3)4)6-8-16(12)21-17-10-13(11-19)5-7-15(17)20/h5-10H,20H2,1-4H3. The number of benzene rings is 2. The van der Waals surface area contributed by atoms with Gasteiger partial charge in [0.25, 0.3) is 0 Å². The summed E-state index contributed by atoms with van der Waals surface area (Å²) in [5, 5.41) is 8.95. The molecule has 0 fully saturated rings. The molecule has 2 rings (SSSR count). The molecule has 0 atom stereocenters. The van der Waals surface area contributed by atoms with Gasteiger partial charge >= 0.3 is 0 Å². The Balaban J connectivity index is 2.35. The van der Waals surface area contributed by atoms with Gasteiger partial charge in [0, 0.05) is 6.07 Å². The van der Waals surface area contributed by atoms with Crippen LogP contribution in [-0.2, 0) is 5.41 Å². The van der Waals surface area contributed by atoms with Crippen LogP contribution in [0.2, 0.25) is 0 Å². The second kappa shape index (κ2) is 5.49. The number of hydrogen-bond acceptors (Lipinski definition) is 3. The van der Waals surface area contributed by atoms with Crippen LogP contribution in [0.1, 0.15) is 37.5 Å². The molecular weight excluding hydrogens is 260 g/mol. The van der Waals surface area contributed by atoms with E-state index in [0.29, 0.717) is 17.0 Å². The van der Waals surface area contributed by atoms with E-state index in [1.165, 1.54) is 5.56 Å². The lowest BCUT2D eigenvalue weighted by atomic mass is 9.86. The molecule has 2 aromatic carbocycles. The lowest BCUT2D eigenvalue weighted by molar-refractivity contribution is 0.479. The third kappa shape index (κ3) is 3.35. The van der Waals surface area contributed by atoms with Crippen LogP contribution in [0.5, 0.6) is 11.5 Å². The van der Waals surface area contributed by atoms with E-state index < -0.39 is 0 Å². The number of nitrogens with zero attached hydrogens (tertiary/aromatic N) is 1. The SMILES string of the molecule is Cc1cc(C(C)(C)C)ccc1Oc1cc(C#N)ccc1N. The van der Waals surface area contributed by atoms with Gasteiger partial charge in [0.15, 0.2) is 5.75 Å². The Hall–Kier alpha value is -2.47. The van der Waals surface area contributed by atoms with E-state index in [2.05, 4.69) is 39.0 Å². The maximum absolute atomic E-state index is 8.95. The number of anilines is 1. The normalized spacial score (nSPS) is 11.0. The van der Waals surface area contributed by atoms with E-state index in [1.807, 2.05) is 13.0 Å². The second-order valence-electron chi connectivity index (χ2n) is 6.20. The number of hydrogen-bond donors (Lipinski definition) is 1. The van der Waals surface area contributed by atoms with Crippen LogP contribution >= 0.6 is 0 Å². The number of ether oxygens (including phenoxy) is 1. The van der Waals surface area contributed by atoms with Gasteiger partial charge in [0.2, 0.25) is 0 Å². The summed E-state index contributed by atoms with van der Waals surface area (Å²) in [5.41, 5.74) is 9.36. The third-order valence-corrected chi connectivity index (χ3v) is 3.40. The zero-order valence-corrected chi connectivity index (χ0v) is 12.9. The van der Waals surface area contributed by atoms with E-state index >= 15 is 0 Å². The van der Waals surface area contributed by atoms with Gasteiger partial charge in [-0.25, -0.2) is 0 Å². The van der Waals surface area contributed by atoms with Crippen LogP contribution in [0.25, 0.3) is 0 Å². The van der Waals surface area contributed by atoms with Crippen molar-refractivity contribution < 1.29 is 4.74 Å². The van der Waals surface area contributed by atoms with Gasteiger partial charge in [-0.3, -0.25) is 0 Å². The highest BCUT2D eigenvalue weighted by atomic mass is 16.5. The van der Waals surface area contributed by atoms with Crippen LogP contribution in [0.3, 0.4) is 0 Å². The second-order valence-corrected chi connectivity index (χ2v) is 6.20. The molecule has 0 radical (unpaired) electrons. The van der Waals surface area contributed by atoms with Crippen molar-refractivity contribution in [2.75, 3.05) is 5.73 Å². The van der Waals surface area contributed by atoms with E-state index in [1.54, 1.807) is 18.2 Å². The molecule has 3 nitrogen and oxygen atoms in total. The zero-order valence-electron chi connectivity index (χ0n) is 12.9. The Morgan fingerprint density at radius 2 is 1.76 bits per heavy atom. The predicted molar refractivity (Wildman–Crippen MR) is 85.5 cm³/mol. The van der Waals surface area contributed by atoms with Crippen LogP contribution < -0.4 is 10.5 Å². The lowest BCUT2D eigenvalue weighted by Gasteiger charge is -2.20. The Bertz CT molecular complexity index is 706. The monoisotopic (exact) mass is 280 g/mol. The fourth-order valence-corrected chi connectivity index (χ4v) is 2.04. The van der Waals surface area contributed by atoms with Crippen molar-refractivity contribution in [3.8, 4) is 17.6 Å². The van der Waals surface area contributed by atoms with E-state index in [4.69, 9.17) is 15.7 Å². The maximum atomic E-state index is 8.95. The fourth-order valence-electron chi connectivity index (χ4n) is 2.04. The van der Waals surface area contributed by atoms with Gasteiger partial charge in [-0.05, 0) is 41.7 Å². The van der Waals surface area contributed by atoms with Gasteiger partial charge in [0.1, 0.15) is 5.75 Å². The molecule has 0 aliphatic carbocycles. The molecule has 0 saturated heterocycles. The molecule has 21 heavy (non-hydrogen) atoms. The summed E-state index contributed by atoms with van der Waals surface area (Å²) < 4.78 is 5.87. The quantitative estimate of drug-likeness (QED) is 0.822. The predicted octanol–water partition coefficient (Wildman–Crippen LogP) is 4.54. The highest BCUT2D eigenvalue weighted by molar-refractivity contribution is 5.58. The first kappa shape index (κ1) is 14.9. The maximum Gasteiger partial charge on any atom is 0.151 e. The molecular formula is C18H20N2O. The first-order chi connectivity index (χ1) is 9.81. The highest BCUT2D eigenvalue weighted by Gasteiger charge is 2.15. The summed E-state index contributed by atoms with van der Waals surface area (Å²) in [5.74, 6) is 1.27. The van der Waals surface area contributed by atoms with E-state index in [9.17, 15) is 0 Å². The van der Waals surface area contributed by atoms with Gasteiger partial charge in [-0.15, -0.1) is 0 Å². The van der Waals surface area contributed by atoms with Crippen LogP contribution in [0.15, 0.2) is 36.4 Å². The summed E-state index contributed by atoms with van der Waals surface area (Å²) in [6.07, 6.45) is 0. The zero-order chi connectivity index (χ0) is 15.6. The van der Waals surface area contributed by atoms with Gasteiger partial charge in [-0.1, -0.05) is 32.9 Å². The molecule has 0 aromatic heterocycles. The third-order valence-electron chi connectivity index (χ3n) is 3.40. The number of nitrogen functional groups attached to an aromatic ring is 1. The number of rotatable bonds is 2. The summed E-state index contributed by atoms with van der Waals surface area (Å²) in [6, 6.07) is 13.3. The number of nitriles is 1. The van der Waals surface area contributed by atoms with Crippen molar-refractivity contribution in [3.05, 3.63) is 53.1 Å². The number of aryl methyl sites for hydroxylation is 1.